The van der Waals surface area contributed by atoms with E-state index in [9.17, 15) is 8.42 Å². The van der Waals surface area contributed by atoms with Crippen molar-refractivity contribution in [1.82, 2.24) is 14.6 Å². The van der Waals surface area contributed by atoms with Gasteiger partial charge in [-0.25, -0.2) is 18.1 Å². The fraction of sp³-hybridized carbons (Fsp3) is 0.389. The van der Waals surface area contributed by atoms with E-state index >= 15 is 0 Å². The molecule has 0 spiro atoms. The smallest absolute Gasteiger partial charge is 0.240 e. The molecule has 0 amide bonds. The van der Waals surface area contributed by atoms with Crippen LogP contribution in [0.4, 0.5) is 5.82 Å². The third-order valence-electron chi connectivity index (χ3n) is 4.54. The SMILES string of the molecule is COc1ccc(S(=O)(=O)NCc2ccnc(N3CCN(C)CC3)c2)cc1Br. The number of piperazine rings is 1. The highest BCUT2D eigenvalue weighted by Crippen LogP contribution is 2.27. The number of methoxy groups -OCH3 is 1. The molecule has 2 aromatic rings. The molecule has 1 fully saturated rings. The predicted molar refractivity (Wildman–Crippen MR) is 109 cm³/mol. The second-order valence-electron chi connectivity index (χ2n) is 6.43. The maximum Gasteiger partial charge on any atom is 0.240 e. The van der Waals surface area contributed by atoms with Crippen LogP contribution in [0, 0.1) is 0 Å². The molecule has 3 rings (SSSR count). The average Bonchev–Trinajstić information content (AvgIpc) is 2.67. The van der Waals surface area contributed by atoms with Crippen molar-refractivity contribution in [3.8, 4) is 5.75 Å². The molecule has 0 unspecified atom stereocenters. The first-order valence-electron chi connectivity index (χ1n) is 8.60. The molecule has 0 radical (unpaired) electrons. The highest BCUT2D eigenvalue weighted by atomic mass is 79.9. The number of benzene rings is 1. The summed E-state index contributed by atoms with van der Waals surface area (Å²) in [5.74, 6) is 1.46. The number of nitrogens with one attached hydrogen (secondary N) is 1. The zero-order chi connectivity index (χ0) is 19.4. The lowest BCUT2D eigenvalue weighted by Crippen LogP contribution is -2.44. The molecule has 0 bridgehead atoms. The maximum absolute atomic E-state index is 12.6. The van der Waals surface area contributed by atoms with E-state index < -0.39 is 10.0 Å². The van der Waals surface area contributed by atoms with Crippen molar-refractivity contribution in [2.24, 2.45) is 0 Å². The minimum Gasteiger partial charge on any atom is -0.496 e. The molecule has 1 N–H and O–H groups in total. The molecule has 146 valence electrons. The zero-order valence-corrected chi connectivity index (χ0v) is 17.8. The van der Waals surface area contributed by atoms with Crippen molar-refractivity contribution >= 4 is 31.8 Å². The largest absolute Gasteiger partial charge is 0.496 e. The van der Waals surface area contributed by atoms with E-state index in [-0.39, 0.29) is 11.4 Å². The van der Waals surface area contributed by atoms with Crippen LogP contribution < -0.4 is 14.4 Å². The van der Waals surface area contributed by atoms with Crippen LogP contribution in [0.2, 0.25) is 0 Å². The molecule has 0 atom stereocenters. The number of pyridine rings is 1. The quantitative estimate of drug-likeness (QED) is 0.719. The molecule has 1 aromatic carbocycles. The summed E-state index contributed by atoms with van der Waals surface area (Å²) >= 11 is 3.32. The molecule has 1 aliphatic rings. The summed E-state index contributed by atoms with van der Waals surface area (Å²) in [5, 5.41) is 0. The standard InChI is InChI=1S/C18H23BrN4O3S/c1-22-7-9-23(10-8-22)18-11-14(5-6-20-18)13-21-27(24,25)15-3-4-17(26-2)16(19)12-15/h3-6,11-12,21H,7-10,13H2,1-2H3. The third kappa shape index (κ3) is 4.98. The molecule has 2 heterocycles. The summed E-state index contributed by atoms with van der Waals surface area (Å²) in [4.78, 5) is 9.12. The second-order valence-corrected chi connectivity index (χ2v) is 9.05. The molecule has 0 aliphatic carbocycles. The Morgan fingerprint density at radius 1 is 1.19 bits per heavy atom. The summed E-state index contributed by atoms with van der Waals surface area (Å²) in [5.41, 5.74) is 0.870. The number of hydrogen-bond acceptors (Lipinski definition) is 6. The van der Waals surface area contributed by atoms with E-state index in [2.05, 4.69) is 42.5 Å². The van der Waals surface area contributed by atoms with Crippen LogP contribution in [0.15, 0.2) is 45.9 Å². The number of anilines is 1. The van der Waals surface area contributed by atoms with Crippen LogP contribution in [0.1, 0.15) is 5.56 Å². The van der Waals surface area contributed by atoms with E-state index in [1.54, 1.807) is 12.3 Å². The van der Waals surface area contributed by atoms with Crippen molar-refractivity contribution in [1.29, 1.82) is 0 Å². The molecule has 7 nitrogen and oxygen atoms in total. The lowest BCUT2D eigenvalue weighted by molar-refractivity contribution is 0.312. The van der Waals surface area contributed by atoms with Gasteiger partial charge >= 0.3 is 0 Å². The first-order valence-corrected chi connectivity index (χ1v) is 10.9. The number of hydrogen-bond donors (Lipinski definition) is 1. The van der Waals surface area contributed by atoms with Crippen molar-refractivity contribution in [3.63, 3.8) is 0 Å². The number of sulfonamides is 1. The van der Waals surface area contributed by atoms with Gasteiger partial charge in [0.2, 0.25) is 10.0 Å². The Kier molecular flexibility index (Phi) is 6.36. The number of ether oxygens (including phenoxy) is 1. The van der Waals surface area contributed by atoms with Gasteiger partial charge in [-0.3, -0.25) is 0 Å². The molecule has 0 saturated carbocycles. The topological polar surface area (TPSA) is 74.8 Å². The Balaban J connectivity index is 1.69. The summed E-state index contributed by atoms with van der Waals surface area (Å²) in [6.07, 6.45) is 1.72. The van der Waals surface area contributed by atoms with Crippen molar-refractivity contribution in [3.05, 3.63) is 46.6 Å². The Morgan fingerprint density at radius 3 is 2.59 bits per heavy atom. The van der Waals surface area contributed by atoms with E-state index in [1.165, 1.54) is 19.2 Å². The first kappa shape index (κ1) is 20.1. The van der Waals surface area contributed by atoms with Gasteiger partial charge in [-0.05, 0) is 58.9 Å². The first-order chi connectivity index (χ1) is 12.9. The number of nitrogens with zero attached hydrogens (tertiary/aromatic N) is 3. The van der Waals surface area contributed by atoms with Gasteiger partial charge in [-0.2, -0.15) is 0 Å². The number of likely N-dealkylation sites (N-methyl/N-ethyl adjacent to an activating group) is 1. The van der Waals surface area contributed by atoms with Crippen molar-refractivity contribution < 1.29 is 13.2 Å². The number of rotatable bonds is 6. The zero-order valence-electron chi connectivity index (χ0n) is 15.4. The van der Waals surface area contributed by atoms with Gasteiger partial charge in [-0.1, -0.05) is 0 Å². The van der Waals surface area contributed by atoms with Crippen LogP contribution >= 0.6 is 15.9 Å². The fourth-order valence-electron chi connectivity index (χ4n) is 2.85. The van der Waals surface area contributed by atoms with Crippen LogP contribution in [-0.2, 0) is 16.6 Å². The molecule has 1 saturated heterocycles. The van der Waals surface area contributed by atoms with Gasteiger partial charge in [0.1, 0.15) is 11.6 Å². The van der Waals surface area contributed by atoms with Crippen LogP contribution in [-0.4, -0.2) is 58.6 Å². The number of aromatic nitrogens is 1. The van der Waals surface area contributed by atoms with Crippen LogP contribution in [0.25, 0.3) is 0 Å². The van der Waals surface area contributed by atoms with Crippen LogP contribution in [0.5, 0.6) is 5.75 Å². The molecule has 9 heteroatoms. The van der Waals surface area contributed by atoms with Gasteiger partial charge in [0, 0.05) is 38.9 Å². The normalized spacial score (nSPS) is 15.7. The maximum atomic E-state index is 12.6. The van der Waals surface area contributed by atoms with Crippen LogP contribution in [0.3, 0.4) is 0 Å². The molecule has 1 aromatic heterocycles. The Morgan fingerprint density at radius 2 is 1.93 bits per heavy atom. The monoisotopic (exact) mass is 454 g/mol. The van der Waals surface area contributed by atoms with E-state index in [0.717, 1.165) is 37.6 Å². The average molecular weight is 455 g/mol. The van der Waals surface area contributed by atoms with Gasteiger partial charge in [-0.15, -0.1) is 0 Å². The summed E-state index contributed by atoms with van der Waals surface area (Å²) in [6, 6.07) is 8.44. The van der Waals surface area contributed by atoms with Crippen molar-refractivity contribution in [2.45, 2.75) is 11.4 Å². The van der Waals surface area contributed by atoms with E-state index in [4.69, 9.17) is 4.74 Å². The minimum atomic E-state index is -3.63. The Labute approximate surface area is 168 Å². The fourth-order valence-corrected chi connectivity index (χ4v) is 4.59. The highest BCUT2D eigenvalue weighted by Gasteiger charge is 2.18. The Bertz CT molecular complexity index is 899. The molecular weight excluding hydrogens is 432 g/mol. The number of halogens is 1. The van der Waals surface area contributed by atoms with E-state index in [1.807, 2.05) is 12.1 Å². The van der Waals surface area contributed by atoms with Gasteiger partial charge in [0.15, 0.2) is 0 Å². The van der Waals surface area contributed by atoms with Gasteiger partial charge < -0.3 is 14.5 Å². The lowest BCUT2D eigenvalue weighted by atomic mass is 10.2. The third-order valence-corrected chi connectivity index (χ3v) is 6.56. The molecule has 1 aliphatic heterocycles. The Hall–Kier alpha value is -1.68. The van der Waals surface area contributed by atoms with Gasteiger partial charge in [0.25, 0.3) is 0 Å². The van der Waals surface area contributed by atoms with E-state index in [0.29, 0.717) is 10.2 Å². The van der Waals surface area contributed by atoms with Gasteiger partial charge in [0.05, 0.1) is 16.5 Å². The summed E-state index contributed by atoms with van der Waals surface area (Å²) < 4.78 is 33.5. The molecular formula is C18H23BrN4O3S. The second kappa shape index (κ2) is 8.55. The molecule has 27 heavy (non-hydrogen) atoms. The lowest BCUT2D eigenvalue weighted by Gasteiger charge is -2.33. The highest BCUT2D eigenvalue weighted by molar-refractivity contribution is 9.10. The minimum absolute atomic E-state index is 0.184. The predicted octanol–water partition coefficient (Wildman–Crippen LogP) is 2.08. The summed E-state index contributed by atoms with van der Waals surface area (Å²) in [6.45, 7) is 4.02. The summed E-state index contributed by atoms with van der Waals surface area (Å²) in [7, 11) is 0.0131. The van der Waals surface area contributed by atoms with Crippen molar-refractivity contribution in [2.75, 3.05) is 45.2 Å².